The Morgan fingerprint density at radius 3 is 2.46 bits per heavy atom. The minimum atomic E-state index is -3.50. The van der Waals surface area contributed by atoms with Crippen LogP contribution in [-0.2, 0) is 14.8 Å². The van der Waals surface area contributed by atoms with Gasteiger partial charge < -0.3 is 15.0 Å². The first-order valence-corrected chi connectivity index (χ1v) is 10.7. The van der Waals surface area contributed by atoms with Crippen LogP contribution >= 0.6 is 0 Å². The summed E-state index contributed by atoms with van der Waals surface area (Å²) < 4.78 is 32.4. The summed E-state index contributed by atoms with van der Waals surface area (Å²) in [7, 11) is -1.44. The van der Waals surface area contributed by atoms with Gasteiger partial charge in [0.05, 0.1) is 38.1 Å². The summed E-state index contributed by atoms with van der Waals surface area (Å²) in [5, 5.41) is 2.72. The molecule has 0 unspecified atom stereocenters. The molecule has 28 heavy (non-hydrogen) atoms. The summed E-state index contributed by atoms with van der Waals surface area (Å²) in [4.78, 5) is 13.6. The van der Waals surface area contributed by atoms with Gasteiger partial charge in [-0.3, -0.25) is 4.79 Å². The lowest BCUT2D eigenvalue weighted by atomic mass is 10.2. The van der Waals surface area contributed by atoms with Gasteiger partial charge in [-0.2, -0.15) is 4.31 Å². The van der Waals surface area contributed by atoms with Crippen molar-refractivity contribution in [3.63, 3.8) is 0 Å². The minimum Gasteiger partial charge on any atom is -0.484 e. The fourth-order valence-corrected chi connectivity index (χ4v) is 4.46. The number of nitrogens with one attached hydrogen (secondary N) is 2. The maximum Gasteiger partial charge on any atom is 0.262 e. The third-order valence-corrected chi connectivity index (χ3v) is 6.62. The van der Waals surface area contributed by atoms with Crippen molar-refractivity contribution < 1.29 is 22.8 Å². The molecule has 1 aliphatic heterocycles. The third kappa shape index (κ3) is 5.09. The zero-order valence-electron chi connectivity index (χ0n) is 16.1. The van der Waals surface area contributed by atoms with E-state index in [4.69, 9.17) is 4.74 Å². The molecule has 1 amide bonds. The maximum atomic E-state index is 12.7. The first-order valence-electron chi connectivity index (χ1n) is 9.25. The molecule has 2 aromatic carbocycles. The van der Waals surface area contributed by atoms with Gasteiger partial charge in [-0.25, -0.2) is 8.42 Å². The Morgan fingerprint density at radius 2 is 1.82 bits per heavy atom. The van der Waals surface area contributed by atoms with Gasteiger partial charge in [-0.15, -0.1) is 0 Å². The SMILES string of the molecule is Cc1cccc(OCC(=O)Nc2ccc(S(=O)(=O)N3CC[NH+](C)CC3)cc2)c1. The summed E-state index contributed by atoms with van der Waals surface area (Å²) in [5.41, 5.74) is 1.58. The number of aryl methyl sites for hydroxylation is 1. The molecule has 0 radical (unpaired) electrons. The predicted octanol–water partition coefficient (Wildman–Crippen LogP) is 0.532. The van der Waals surface area contributed by atoms with E-state index < -0.39 is 10.0 Å². The summed E-state index contributed by atoms with van der Waals surface area (Å²) in [6.07, 6.45) is 0. The topological polar surface area (TPSA) is 80.1 Å². The van der Waals surface area contributed by atoms with E-state index in [-0.39, 0.29) is 17.4 Å². The number of nitrogens with zero attached hydrogens (tertiary/aromatic N) is 1. The first kappa shape index (κ1) is 20.3. The molecule has 2 aromatic rings. The normalized spacial score (nSPS) is 15.9. The fraction of sp³-hybridized carbons (Fsp3) is 0.350. The predicted molar refractivity (Wildman–Crippen MR) is 107 cm³/mol. The highest BCUT2D eigenvalue weighted by Gasteiger charge is 2.28. The molecule has 8 heteroatoms. The van der Waals surface area contributed by atoms with E-state index in [9.17, 15) is 13.2 Å². The van der Waals surface area contributed by atoms with E-state index in [1.165, 1.54) is 21.3 Å². The van der Waals surface area contributed by atoms with E-state index in [0.717, 1.165) is 18.7 Å². The largest absolute Gasteiger partial charge is 0.484 e. The van der Waals surface area contributed by atoms with E-state index in [0.29, 0.717) is 24.5 Å². The molecule has 0 atom stereocenters. The Bertz CT molecular complexity index is 921. The van der Waals surface area contributed by atoms with Gasteiger partial charge in [-0.1, -0.05) is 12.1 Å². The fourth-order valence-electron chi connectivity index (χ4n) is 3.02. The zero-order chi connectivity index (χ0) is 20.1. The molecule has 7 nitrogen and oxygen atoms in total. The average Bonchev–Trinajstić information content (AvgIpc) is 2.67. The first-order chi connectivity index (χ1) is 13.3. The molecule has 0 aliphatic carbocycles. The quantitative estimate of drug-likeness (QED) is 0.736. The van der Waals surface area contributed by atoms with E-state index in [1.54, 1.807) is 18.2 Å². The van der Waals surface area contributed by atoms with Gasteiger partial charge in [0, 0.05) is 5.69 Å². The van der Waals surface area contributed by atoms with Gasteiger partial charge >= 0.3 is 0 Å². The van der Waals surface area contributed by atoms with Crippen LogP contribution in [0.2, 0.25) is 0 Å². The van der Waals surface area contributed by atoms with Gasteiger partial charge in [0.1, 0.15) is 5.75 Å². The minimum absolute atomic E-state index is 0.118. The standard InChI is InChI=1S/C20H25N3O4S/c1-16-4-3-5-18(14-16)27-15-20(24)21-17-6-8-19(9-7-17)28(25,26)23-12-10-22(2)11-13-23/h3-9,14H,10-13,15H2,1-2H3,(H,21,24)/p+1. The van der Waals surface area contributed by atoms with E-state index in [2.05, 4.69) is 12.4 Å². The number of carbonyl (C=O) groups is 1. The summed E-state index contributed by atoms with van der Waals surface area (Å²) in [6.45, 7) is 4.47. The Morgan fingerprint density at radius 1 is 1.14 bits per heavy atom. The Labute approximate surface area is 166 Å². The van der Waals surface area contributed by atoms with Crippen LogP contribution in [0.25, 0.3) is 0 Å². The number of benzene rings is 2. The zero-order valence-corrected chi connectivity index (χ0v) is 17.0. The van der Waals surface area contributed by atoms with Crippen LogP contribution in [0.15, 0.2) is 53.4 Å². The summed E-state index contributed by atoms with van der Waals surface area (Å²) >= 11 is 0. The molecule has 1 saturated heterocycles. The number of ether oxygens (including phenoxy) is 1. The molecule has 0 bridgehead atoms. The lowest BCUT2D eigenvalue weighted by Crippen LogP contribution is -3.12. The molecule has 1 heterocycles. The third-order valence-electron chi connectivity index (χ3n) is 4.71. The number of likely N-dealkylation sites (N-methyl/N-ethyl adjacent to an activating group) is 1. The van der Waals surface area contributed by atoms with Crippen molar-refractivity contribution in [2.75, 3.05) is 45.2 Å². The maximum absolute atomic E-state index is 12.7. The second-order valence-electron chi connectivity index (χ2n) is 7.04. The van der Waals surface area contributed by atoms with Crippen LogP contribution in [0.5, 0.6) is 5.75 Å². The number of sulfonamides is 1. The van der Waals surface area contributed by atoms with Crippen LogP contribution in [0.1, 0.15) is 5.56 Å². The van der Waals surface area contributed by atoms with Crippen LogP contribution in [0, 0.1) is 6.92 Å². The van der Waals surface area contributed by atoms with Crippen molar-refractivity contribution in [2.45, 2.75) is 11.8 Å². The van der Waals surface area contributed by atoms with Crippen LogP contribution in [-0.4, -0.2) is 58.5 Å². The lowest BCUT2D eigenvalue weighted by molar-refractivity contribution is -0.883. The van der Waals surface area contributed by atoms with Crippen molar-refractivity contribution in [1.29, 1.82) is 0 Å². The van der Waals surface area contributed by atoms with Crippen LogP contribution in [0.4, 0.5) is 5.69 Å². The highest BCUT2D eigenvalue weighted by molar-refractivity contribution is 7.89. The van der Waals surface area contributed by atoms with Crippen molar-refractivity contribution in [1.82, 2.24) is 4.31 Å². The highest BCUT2D eigenvalue weighted by atomic mass is 32.2. The summed E-state index contributed by atoms with van der Waals surface area (Å²) in [6, 6.07) is 13.7. The number of rotatable bonds is 6. The van der Waals surface area contributed by atoms with Gasteiger partial charge in [0.25, 0.3) is 5.91 Å². The highest BCUT2D eigenvalue weighted by Crippen LogP contribution is 2.19. The molecular weight excluding hydrogens is 378 g/mol. The number of hydrogen-bond acceptors (Lipinski definition) is 4. The molecule has 1 fully saturated rings. The van der Waals surface area contributed by atoms with Gasteiger partial charge in [-0.05, 0) is 48.9 Å². The second-order valence-corrected chi connectivity index (χ2v) is 8.98. The number of quaternary nitrogens is 1. The number of amides is 1. The van der Waals surface area contributed by atoms with E-state index >= 15 is 0 Å². The Hall–Kier alpha value is -2.42. The number of hydrogen-bond donors (Lipinski definition) is 2. The van der Waals surface area contributed by atoms with Crippen LogP contribution < -0.4 is 15.0 Å². The van der Waals surface area contributed by atoms with E-state index in [1.807, 2.05) is 25.1 Å². The number of carbonyl (C=O) groups excluding carboxylic acids is 1. The van der Waals surface area contributed by atoms with Crippen molar-refractivity contribution in [3.05, 3.63) is 54.1 Å². The van der Waals surface area contributed by atoms with Crippen molar-refractivity contribution in [2.24, 2.45) is 0 Å². The van der Waals surface area contributed by atoms with Crippen molar-refractivity contribution in [3.8, 4) is 5.75 Å². The molecule has 3 rings (SSSR count). The second kappa shape index (κ2) is 8.72. The van der Waals surface area contributed by atoms with Crippen molar-refractivity contribution >= 4 is 21.6 Å². The summed E-state index contributed by atoms with van der Waals surface area (Å²) in [5.74, 6) is 0.324. The Kier molecular flexibility index (Phi) is 6.33. The molecule has 1 aliphatic rings. The monoisotopic (exact) mass is 404 g/mol. The molecule has 0 spiro atoms. The lowest BCUT2D eigenvalue weighted by Gasteiger charge is -2.29. The number of anilines is 1. The molecule has 0 aromatic heterocycles. The smallest absolute Gasteiger partial charge is 0.262 e. The molecule has 150 valence electrons. The molecule has 0 saturated carbocycles. The Balaban J connectivity index is 1.57. The number of piperazine rings is 1. The molecule has 2 N–H and O–H groups in total. The average molecular weight is 405 g/mol. The van der Waals surface area contributed by atoms with Gasteiger partial charge in [0.15, 0.2) is 6.61 Å². The van der Waals surface area contributed by atoms with Crippen LogP contribution in [0.3, 0.4) is 0 Å². The molecular formula is C20H26N3O4S+. The van der Waals surface area contributed by atoms with Gasteiger partial charge in [0.2, 0.25) is 10.0 Å².